The van der Waals surface area contributed by atoms with Crippen LogP contribution < -0.4 is 0 Å². The topological polar surface area (TPSA) is 58.4 Å². The Morgan fingerprint density at radius 1 is 1.58 bits per heavy atom. The minimum absolute atomic E-state index is 0.604. The molecule has 1 fully saturated rings. The highest BCUT2D eigenvalue weighted by molar-refractivity contribution is 5.74. The second kappa shape index (κ2) is 5.33. The van der Waals surface area contributed by atoms with Gasteiger partial charge in [0.1, 0.15) is 0 Å². The lowest BCUT2D eigenvalue weighted by atomic mass is 9.82. The highest BCUT2D eigenvalue weighted by Crippen LogP contribution is 2.30. The van der Waals surface area contributed by atoms with E-state index < -0.39 is 11.4 Å². The number of piperidine rings is 1. The first kappa shape index (κ1) is 14.1. The average Bonchev–Trinajstić information content (AvgIpc) is 2.69. The number of aliphatic carboxylic acids is 1. The summed E-state index contributed by atoms with van der Waals surface area (Å²) in [5.41, 5.74) is 1.73. The summed E-state index contributed by atoms with van der Waals surface area (Å²) in [5, 5.41) is 13.8. The monoisotopic (exact) mass is 265 g/mol. The Bertz CT molecular complexity index is 469. The van der Waals surface area contributed by atoms with Gasteiger partial charge in [-0.25, -0.2) is 0 Å². The predicted octanol–water partition coefficient (Wildman–Crippen LogP) is 1.67. The van der Waals surface area contributed by atoms with Crippen molar-refractivity contribution in [3.8, 4) is 0 Å². The van der Waals surface area contributed by atoms with Crippen LogP contribution in [0.2, 0.25) is 0 Å². The van der Waals surface area contributed by atoms with E-state index in [0.717, 1.165) is 38.0 Å². The summed E-state index contributed by atoms with van der Waals surface area (Å²) in [6, 6.07) is 0. The molecule has 0 bridgehead atoms. The van der Waals surface area contributed by atoms with Gasteiger partial charge in [-0.2, -0.15) is 5.10 Å². The van der Waals surface area contributed by atoms with Crippen LogP contribution in [0.4, 0.5) is 0 Å². The molecule has 1 unspecified atom stereocenters. The van der Waals surface area contributed by atoms with Crippen LogP contribution in [0.3, 0.4) is 0 Å². The highest BCUT2D eigenvalue weighted by Gasteiger charge is 2.37. The minimum Gasteiger partial charge on any atom is -0.481 e. The van der Waals surface area contributed by atoms with E-state index in [1.165, 1.54) is 5.56 Å². The lowest BCUT2D eigenvalue weighted by molar-refractivity contribution is -0.151. The molecular weight excluding hydrogens is 242 g/mol. The van der Waals surface area contributed by atoms with Crippen LogP contribution in [0.25, 0.3) is 0 Å². The largest absolute Gasteiger partial charge is 0.481 e. The molecule has 1 aliphatic rings. The van der Waals surface area contributed by atoms with Crippen LogP contribution in [-0.2, 0) is 24.8 Å². The second-order valence-corrected chi connectivity index (χ2v) is 5.81. The molecule has 19 heavy (non-hydrogen) atoms. The fourth-order valence-electron chi connectivity index (χ4n) is 2.91. The number of aromatic nitrogens is 2. The van der Waals surface area contributed by atoms with Crippen LogP contribution in [-0.4, -0.2) is 38.8 Å². The Kier molecular flexibility index (Phi) is 3.94. The molecule has 1 saturated heterocycles. The van der Waals surface area contributed by atoms with Gasteiger partial charge in [0, 0.05) is 31.9 Å². The number of aryl methyl sites for hydroxylation is 2. The molecule has 1 atom stereocenters. The molecule has 1 aromatic heterocycles. The SMILES string of the molecule is CCc1nn(C)cc1CN1CCCC(C)(C(=O)O)C1. The highest BCUT2D eigenvalue weighted by atomic mass is 16.4. The molecule has 0 spiro atoms. The van der Waals surface area contributed by atoms with E-state index in [2.05, 4.69) is 16.9 Å². The molecular formula is C14H23N3O2. The number of carboxylic acid groups (broad SMARTS) is 1. The van der Waals surface area contributed by atoms with E-state index >= 15 is 0 Å². The number of carboxylic acids is 1. The molecule has 2 heterocycles. The van der Waals surface area contributed by atoms with Gasteiger partial charge in [-0.15, -0.1) is 0 Å². The molecule has 1 aliphatic heterocycles. The van der Waals surface area contributed by atoms with Gasteiger partial charge in [0.15, 0.2) is 0 Å². The van der Waals surface area contributed by atoms with E-state index in [9.17, 15) is 9.90 Å². The van der Waals surface area contributed by atoms with Crippen LogP contribution in [0.15, 0.2) is 6.20 Å². The Balaban J connectivity index is 2.08. The van der Waals surface area contributed by atoms with Gasteiger partial charge in [-0.3, -0.25) is 14.4 Å². The Morgan fingerprint density at radius 3 is 2.95 bits per heavy atom. The number of hydrogen-bond acceptors (Lipinski definition) is 3. The van der Waals surface area contributed by atoms with Crippen molar-refractivity contribution in [3.05, 3.63) is 17.5 Å². The standard InChI is InChI=1S/C14H23N3O2/c1-4-12-11(8-16(3)15-12)9-17-7-5-6-14(2,10-17)13(18)19/h8H,4-7,9-10H2,1-3H3,(H,18,19). The van der Waals surface area contributed by atoms with E-state index in [4.69, 9.17) is 0 Å². The average molecular weight is 265 g/mol. The summed E-state index contributed by atoms with van der Waals surface area (Å²) in [6.07, 6.45) is 4.68. The van der Waals surface area contributed by atoms with Crippen molar-refractivity contribution in [2.45, 2.75) is 39.7 Å². The van der Waals surface area contributed by atoms with Crippen LogP contribution in [0, 0.1) is 5.41 Å². The molecule has 2 rings (SSSR count). The first-order chi connectivity index (χ1) is 8.94. The number of likely N-dealkylation sites (tertiary alicyclic amines) is 1. The van der Waals surface area contributed by atoms with Crippen molar-refractivity contribution in [3.63, 3.8) is 0 Å². The first-order valence-corrected chi connectivity index (χ1v) is 6.92. The molecule has 0 saturated carbocycles. The molecule has 0 amide bonds. The summed E-state index contributed by atoms with van der Waals surface area (Å²) < 4.78 is 1.84. The molecule has 0 radical (unpaired) electrons. The zero-order valence-electron chi connectivity index (χ0n) is 12.0. The number of hydrogen-bond donors (Lipinski definition) is 1. The summed E-state index contributed by atoms with van der Waals surface area (Å²) in [6.45, 7) is 6.36. The van der Waals surface area contributed by atoms with E-state index in [1.54, 1.807) is 0 Å². The van der Waals surface area contributed by atoms with Crippen LogP contribution in [0.5, 0.6) is 0 Å². The maximum absolute atomic E-state index is 11.4. The zero-order chi connectivity index (χ0) is 14.0. The smallest absolute Gasteiger partial charge is 0.310 e. The van der Waals surface area contributed by atoms with Crippen molar-refractivity contribution in [1.82, 2.24) is 14.7 Å². The fraction of sp³-hybridized carbons (Fsp3) is 0.714. The normalized spacial score (nSPS) is 24.6. The third-order valence-electron chi connectivity index (χ3n) is 4.01. The lowest BCUT2D eigenvalue weighted by Crippen LogP contribution is -2.45. The van der Waals surface area contributed by atoms with E-state index in [0.29, 0.717) is 6.54 Å². The van der Waals surface area contributed by atoms with Crippen molar-refractivity contribution in [2.24, 2.45) is 12.5 Å². The molecule has 1 aromatic rings. The van der Waals surface area contributed by atoms with Crippen LogP contribution in [0.1, 0.15) is 37.9 Å². The summed E-state index contributed by atoms with van der Waals surface area (Å²) in [5.74, 6) is -0.681. The van der Waals surface area contributed by atoms with Gasteiger partial charge in [0.05, 0.1) is 11.1 Å². The van der Waals surface area contributed by atoms with Crippen molar-refractivity contribution < 1.29 is 9.90 Å². The third kappa shape index (κ3) is 2.97. The summed E-state index contributed by atoms with van der Waals surface area (Å²) >= 11 is 0. The maximum atomic E-state index is 11.4. The summed E-state index contributed by atoms with van der Waals surface area (Å²) in [4.78, 5) is 13.6. The molecule has 1 N–H and O–H groups in total. The minimum atomic E-state index is -0.681. The molecule has 0 aromatic carbocycles. The lowest BCUT2D eigenvalue weighted by Gasteiger charge is -2.37. The predicted molar refractivity (Wildman–Crippen MR) is 72.8 cm³/mol. The zero-order valence-corrected chi connectivity index (χ0v) is 12.0. The molecule has 0 aliphatic carbocycles. The first-order valence-electron chi connectivity index (χ1n) is 6.92. The third-order valence-corrected chi connectivity index (χ3v) is 4.01. The van der Waals surface area contributed by atoms with Gasteiger partial charge in [0.25, 0.3) is 0 Å². The van der Waals surface area contributed by atoms with E-state index in [-0.39, 0.29) is 0 Å². The number of carbonyl (C=O) groups is 1. The maximum Gasteiger partial charge on any atom is 0.310 e. The van der Waals surface area contributed by atoms with Gasteiger partial charge >= 0.3 is 5.97 Å². The van der Waals surface area contributed by atoms with Gasteiger partial charge in [-0.1, -0.05) is 6.92 Å². The fourth-order valence-corrected chi connectivity index (χ4v) is 2.91. The van der Waals surface area contributed by atoms with Crippen molar-refractivity contribution in [2.75, 3.05) is 13.1 Å². The Labute approximate surface area is 114 Å². The van der Waals surface area contributed by atoms with Crippen molar-refractivity contribution >= 4 is 5.97 Å². The quantitative estimate of drug-likeness (QED) is 0.899. The van der Waals surface area contributed by atoms with E-state index in [1.807, 2.05) is 24.9 Å². The Hall–Kier alpha value is -1.36. The van der Waals surface area contributed by atoms with Gasteiger partial charge in [-0.05, 0) is 32.7 Å². The Morgan fingerprint density at radius 2 is 2.32 bits per heavy atom. The van der Waals surface area contributed by atoms with Crippen LogP contribution >= 0.6 is 0 Å². The number of nitrogens with zero attached hydrogens (tertiary/aromatic N) is 3. The van der Waals surface area contributed by atoms with Crippen molar-refractivity contribution in [1.29, 1.82) is 0 Å². The molecule has 106 valence electrons. The molecule has 5 heteroatoms. The summed E-state index contributed by atoms with van der Waals surface area (Å²) in [7, 11) is 1.93. The van der Waals surface area contributed by atoms with Gasteiger partial charge < -0.3 is 5.11 Å². The number of rotatable bonds is 4. The van der Waals surface area contributed by atoms with Gasteiger partial charge in [0.2, 0.25) is 0 Å². The molecule has 5 nitrogen and oxygen atoms in total. The second-order valence-electron chi connectivity index (χ2n) is 5.81.